The normalized spacial score (nSPS) is 11.7. The molecule has 3 rings (SSSR count). The molecule has 31 heavy (non-hydrogen) atoms. The number of hydrogen-bond acceptors (Lipinski definition) is 4. The topological polar surface area (TPSA) is 109 Å². The Morgan fingerprint density at radius 2 is 2.06 bits per heavy atom. The van der Waals surface area contributed by atoms with Crippen LogP contribution in [0.5, 0.6) is 0 Å². The number of carbonyl (C=O) groups is 2. The van der Waals surface area contributed by atoms with Crippen molar-refractivity contribution in [1.29, 1.82) is 0 Å². The maximum Gasteiger partial charge on any atom is 0.263 e. The highest BCUT2D eigenvalue weighted by molar-refractivity contribution is 5.99. The molecule has 2 aromatic heterocycles. The standard InChI is InChI=1S/C22H24FN5O3/c1-13-5-4-6-16(19(13)23)11-28-12-17(8-18(22(28)31)21(30)24-3)20(29)27-14(2)7-15-9-25-26-10-15/h4-6,8-10,12,14H,7,11H2,1-3H3,(H,24,30)(H,25,26)(H,27,29). The third-order valence-electron chi connectivity index (χ3n) is 4.91. The van der Waals surface area contributed by atoms with Gasteiger partial charge in [-0.1, -0.05) is 18.2 Å². The van der Waals surface area contributed by atoms with Crippen molar-refractivity contribution >= 4 is 11.8 Å². The monoisotopic (exact) mass is 425 g/mol. The van der Waals surface area contributed by atoms with E-state index in [1.807, 2.05) is 6.92 Å². The fraction of sp³-hybridized carbons (Fsp3) is 0.273. The minimum atomic E-state index is -0.621. The Balaban J connectivity index is 1.93. The summed E-state index contributed by atoms with van der Waals surface area (Å²) in [5.41, 5.74) is 0.993. The number of aromatic nitrogens is 3. The Hall–Kier alpha value is -3.75. The van der Waals surface area contributed by atoms with Crippen molar-refractivity contribution < 1.29 is 14.0 Å². The highest BCUT2D eigenvalue weighted by Gasteiger charge is 2.19. The predicted octanol–water partition coefficient (Wildman–Crippen LogP) is 1.79. The number of hydrogen-bond donors (Lipinski definition) is 3. The van der Waals surface area contributed by atoms with Crippen LogP contribution in [0, 0.1) is 12.7 Å². The predicted molar refractivity (Wildman–Crippen MR) is 114 cm³/mol. The number of benzene rings is 1. The van der Waals surface area contributed by atoms with Crippen LogP contribution in [0.25, 0.3) is 0 Å². The summed E-state index contributed by atoms with van der Waals surface area (Å²) in [4.78, 5) is 37.9. The van der Waals surface area contributed by atoms with Crippen LogP contribution in [0.2, 0.25) is 0 Å². The second kappa shape index (κ2) is 9.38. The first-order valence-electron chi connectivity index (χ1n) is 9.79. The van der Waals surface area contributed by atoms with E-state index in [0.717, 1.165) is 5.56 Å². The third-order valence-corrected chi connectivity index (χ3v) is 4.91. The van der Waals surface area contributed by atoms with Crippen molar-refractivity contribution in [1.82, 2.24) is 25.4 Å². The van der Waals surface area contributed by atoms with Gasteiger partial charge in [0.1, 0.15) is 11.4 Å². The van der Waals surface area contributed by atoms with Gasteiger partial charge in [-0.05, 0) is 37.5 Å². The van der Waals surface area contributed by atoms with Gasteiger partial charge in [0, 0.05) is 31.0 Å². The summed E-state index contributed by atoms with van der Waals surface area (Å²) in [6.45, 7) is 3.35. The smallest absolute Gasteiger partial charge is 0.263 e. The van der Waals surface area contributed by atoms with E-state index in [0.29, 0.717) is 12.0 Å². The number of nitrogens with one attached hydrogen (secondary N) is 3. The molecule has 0 fully saturated rings. The fourth-order valence-electron chi connectivity index (χ4n) is 3.29. The molecule has 8 nitrogen and oxygen atoms in total. The first kappa shape index (κ1) is 21.9. The molecule has 0 saturated heterocycles. The van der Waals surface area contributed by atoms with Crippen LogP contribution in [-0.2, 0) is 13.0 Å². The first-order chi connectivity index (χ1) is 14.8. The van der Waals surface area contributed by atoms with Gasteiger partial charge >= 0.3 is 0 Å². The minimum Gasteiger partial charge on any atom is -0.355 e. The third kappa shape index (κ3) is 5.06. The largest absolute Gasteiger partial charge is 0.355 e. The molecule has 0 aliphatic carbocycles. The highest BCUT2D eigenvalue weighted by atomic mass is 19.1. The van der Waals surface area contributed by atoms with Crippen molar-refractivity contribution in [3.05, 3.63) is 86.8 Å². The number of amides is 2. The molecule has 0 spiro atoms. The van der Waals surface area contributed by atoms with Crippen LogP contribution in [-0.4, -0.2) is 39.7 Å². The lowest BCUT2D eigenvalue weighted by atomic mass is 10.1. The highest BCUT2D eigenvalue weighted by Crippen LogP contribution is 2.14. The zero-order valence-corrected chi connectivity index (χ0v) is 17.5. The molecule has 1 unspecified atom stereocenters. The summed E-state index contributed by atoms with van der Waals surface area (Å²) >= 11 is 0. The van der Waals surface area contributed by atoms with Crippen LogP contribution in [0.3, 0.4) is 0 Å². The average molecular weight is 425 g/mol. The molecule has 0 aliphatic heterocycles. The molecule has 9 heteroatoms. The second-order valence-electron chi connectivity index (χ2n) is 7.39. The summed E-state index contributed by atoms with van der Waals surface area (Å²) < 4.78 is 15.7. The molecule has 0 bridgehead atoms. The Bertz CT molecular complexity index is 1150. The van der Waals surface area contributed by atoms with Gasteiger partial charge in [-0.15, -0.1) is 0 Å². The van der Waals surface area contributed by atoms with E-state index in [1.54, 1.807) is 37.5 Å². The van der Waals surface area contributed by atoms with E-state index in [-0.39, 0.29) is 29.3 Å². The summed E-state index contributed by atoms with van der Waals surface area (Å²) in [6.07, 6.45) is 5.31. The number of carbonyl (C=O) groups excluding carboxylic acids is 2. The quantitative estimate of drug-likeness (QED) is 0.536. The Kier molecular flexibility index (Phi) is 6.64. The molecule has 162 valence electrons. The average Bonchev–Trinajstić information content (AvgIpc) is 3.24. The van der Waals surface area contributed by atoms with Crippen LogP contribution >= 0.6 is 0 Å². The molecule has 3 aromatic rings. The molecule has 0 aliphatic rings. The van der Waals surface area contributed by atoms with Gasteiger partial charge in [-0.25, -0.2) is 4.39 Å². The van der Waals surface area contributed by atoms with Crippen molar-refractivity contribution in [3.8, 4) is 0 Å². The molecule has 0 saturated carbocycles. The van der Waals surface area contributed by atoms with E-state index in [2.05, 4.69) is 20.8 Å². The lowest BCUT2D eigenvalue weighted by Gasteiger charge is -2.15. The van der Waals surface area contributed by atoms with Crippen molar-refractivity contribution in [2.45, 2.75) is 32.9 Å². The molecule has 1 aromatic carbocycles. The van der Waals surface area contributed by atoms with E-state index in [1.165, 1.54) is 23.9 Å². The van der Waals surface area contributed by atoms with E-state index in [4.69, 9.17) is 0 Å². The van der Waals surface area contributed by atoms with Gasteiger partial charge in [0.25, 0.3) is 17.4 Å². The molecular formula is C22H24FN5O3. The molecule has 3 N–H and O–H groups in total. The maximum absolute atomic E-state index is 14.5. The van der Waals surface area contributed by atoms with E-state index in [9.17, 15) is 18.8 Å². The zero-order chi connectivity index (χ0) is 22.5. The summed E-state index contributed by atoms with van der Waals surface area (Å²) in [5.74, 6) is -1.50. The van der Waals surface area contributed by atoms with E-state index >= 15 is 0 Å². The Morgan fingerprint density at radius 1 is 1.29 bits per heavy atom. The van der Waals surface area contributed by atoms with Crippen LogP contribution in [0.1, 0.15) is 44.3 Å². The summed E-state index contributed by atoms with van der Waals surface area (Å²) in [7, 11) is 1.39. The zero-order valence-electron chi connectivity index (χ0n) is 17.5. The van der Waals surface area contributed by atoms with Gasteiger partial charge in [0.05, 0.1) is 18.3 Å². The molecule has 0 radical (unpaired) electrons. The van der Waals surface area contributed by atoms with Gasteiger partial charge in [0.15, 0.2) is 0 Å². The molecule has 2 heterocycles. The van der Waals surface area contributed by atoms with Gasteiger partial charge in [0.2, 0.25) is 0 Å². The number of aryl methyl sites for hydroxylation is 1. The lowest BCUT2D eigenvalue weighted by molar-refractivity contribution is 0.0939. The summed E-state index contributed by atoms with van der Waals surface area (Å²) in [5, 5.41) is 11.8. The van der Waals surface area contributed by atoms with Gasteiger partial charge in [-0.3, -0.25) is 19.5 Å². The number of H-pyrrole nitrogens is 1. The van der Waals surface area contributed by atoms with Gasteiger partial charge < -0.3 is 15.2 Å². The van der Waals surface area contributed by atoms with Crippen LogP contribution < -0.4 is 16.2 Å². The van der Waals surface area contributed by atoms with Crippen LogP contribution in [0.4, 0.5) is 4.39 Å². The number of nitrogens with zero attached hydrogens (tertiary/aromatic N) is 2. The fourth-order valence-corrected chi connectivity index (χ4v) is 3.29. The van der Waals surface area contributed by atoms with Crippen molar-refractivity contribution in [2.75, 3.05) is 7.05 Å². The first-order valence-corrected chi connectivity index (χ1v) is 9.79. The SMILES string of the molecule is CNC(=O)c1cc(C(=O)NC(C)Cc2cn[nH]c2)cn(Cc2cccc(C)c2F)c1=O. The molecule has 1 atom stereocenters. The molecular weight excluding hydrogens is 401 g/mol. The lowest BCUT2D eigenvalue weighted by Crippen LogP contribution is -2.37. The Morgan fingerprint density at radius 3 is 2.74 bits per heavy atom. The number of rotatable bonds is 7. The summed E-state index contributed by atoms with van der Waals surface area (Å²) in [6, 6.07) is 5.91. The van der Waals surface area contributed by atoms with Crippen molar-refractivity contribution in [3.63, 3.8) is 0 Å². The van der Waals surface area contributed by atoms with Crippen LogP contribution in [0.15, 0.2) is 47.7 Å². The van der Waals surface area contributed by atoms with Crippen molar-refractivity contribution in [2.24, 2.45) is 0 Å². The number of pyridine rings is 1. The van der Waals surface area contributed by atoms with E-state index < -0.39 is 23.2 Å². The van der Waals surface area contributed by atoms with Gasteiger partial charge in [-0.2, -0.15) is 5.10 Å². The second-order valence-corrected chi connectivity index (χ2v) is 7.39. The minimum absolute atomic E-state index is 0.109. The Labute approximate surface area is 178 Å². The maximum atomic E-state index is 14.5. The number of halogens is 1. The number of aromatic amines is 1. The molecule has 2 amide bonds.